The maximum Gasteiger partial charge on any atom is 0.257 e. The van der Waals surface area contributed by atoms with Gasteiger partial charge in [0.1, 0.15) is 18.5 Å². The van der Waals surface area contributed by atoms with Crippen molar-refractivity contribution in [2.75, 3.05) is 5.32 Å². The molecule has 0 saturated carbocycles. The predicted molar refractivity (Wildman–Crippen MR) is 71.3 cm³/mol. The summed E-state index contributed by atoms with van der Waals surface area (Å²) in [7, 11) is 0. The Labute approximate surface area is 114 Å². The van der Waals surface area contributed by atoms with E-state index in [9.17, 15) is 4.79 Å². The molecule has 0 spiro atoms. The Hall–Kier alpha value is -3.09. The molecule has 0 unspecified atom stereocenters. The lowest BCUT2D eigenvalue weighted by molar-refractivity contribution is 0.102. The number of carbonyl (C=O) groups excluding carboxylic acids is 1. The van der Waals surface area contributed by atoms with Crippen LogP contribution >= 0.6 is 0 Å². The topological polar surface area (TPSA) is 85.6 Å². The minimum Gasteiger partial charge on any atom is -0.321 e. The molecule has 3 aromatic heterocycles. The van der Waals surface area contributed by atoms with Crippen LogP contribution in [-0.2, 0) is 0 Å². The molecule has 0 fully saturated rings. The maximum atomic E-state index is 11.9. The van der Waals surface area contributed by atoms with Gasteiger partial charge in [0, 0.05) is 12.4 Å². The van der Waals surface area contributed by atoms with Gasteiger partial charge in [-0.1, -0.05) is 0 Å². The van der Waals surface area contributed by atoms with Crippen LogP contribution in [0.1, 0.15) is 10.4 Å². The van der Waals surface area contributed by atoms with Crippen LogP contribution < -0.4 is 5.32 Å². The minimum atomic E-state index is -0.225. The summed E-state index contributed by atoms with van der Waals surface area (Å²) in [6.07, 6.45) is 7.80. The average Bonchev–Trinajstić information content (AvgIpc) is 3.03. The molecule has 1 amide bonds. The summed E-state index contributed by atoms with van der Waals surface area (Å²) in [5, 5.41) is 10.2. The average molecular weight is 266 g/mol. The van der Waals surface area contributed by atoms with Gasteiger partial charge in [0.15, 0.2) is 0 Å². The van der Waals surface area contributed by atoms with Crippen LogP contribution in [0.5, 0.6) is 0 Å². The zero-order chi connectivity index (χ0) is 13.8. The van der Waals surface area contributed by atoms with Crippen LogP contribution in [0.3, 0.4) is 0 Å². The SMILES string of the molecule is O=C(Nc1ccc(-n2cnnc2)nc1)c1cccnc1. The summed E-state index contributed by atoms with van der Waals surface area (Å²) in [6, 6.07) is 6.93. The van der Waals surface area contributed by atoms with Gasteiger partial charge in [-0.15, -0.1) is 10.2 Å². The second-order valence-corrected chi connectivity index (χ2v) is 3.97. The fourth-order valence-corrected chi connectivity index (χ4v) is 1.63. The number of pyridine rings is 2. The molecule has 0 atom stereocenters. The van der Waals surface area contributed by atoms with Gasteiger partial charge < -0.3 is 5.32 Å². The number of hydrogen-bond donors (Lipinski definition) is 1. The fraction of sp³-hybridized carbons (Fsp3) is 0. The first-order valence-corrected chi connectivity index (χ1v) is 5.85. The van der Waals surface area contributed by atoms with Gasteiger partial charge in [-0.2, -0.15) is 0 Å². The molecule has 3 rings (SSSR count). The highest BCUT2D eigenvalue weighted by Gasteiger charge is 2.06. The summed E-state index contributed by atoms with van der Waals surface area (Å²) in [4.78, 5) is 20.0. The van der Waals surface area contributed by atoms with Crippen LogP contribution in [0.4, 0.5) is 5.69 Å². The first kappa shape index (κ1) is 12.0. The van der Waals surface area contributed by atoms with Crippen molar-refractivity contribution in [1.29, 1.82) is 0 Å². The highest BCUT2D eigenvalue weighted by atomic mass is 16.1. The number of amides is 1. The number of nitrogens with zero attached hydrogens (tertiary/aromatic N) is 5. The quantitative estimate of drug-likeness (QED) is 0.772. The summed E-state index contributed by atoms with van der Waals surface area (Å²) in [5.74, 6) is 0.450. The summed E-state index contributed by atoms with van der Waals surface area (Å²) in [6.45, 7) is 0. The van der Waals surface area contributed by atoms with E-state index in [4.69, 9.17) is 0 Å². The second kappa shape index (κ2) is 5.27. The van der Waals surface area contributed by atoms with E-state index in [0.717, 1.165) is 0 Å². The molecule has 7 heteroatoms. The molecule has 7 nitrogen and oxygen atoms in total. The molecule has 3 heterocycles. The van der Waals surface area contributed by atoms with E-state index in [1.54, 1.807) is 53.9 Å². The van der Waals surface area contributed by atoms with Crippen molar-refractivity contribution >= 4 is 11.6 Å². The third-order valence-electron chi connectivity index (χ3n) is 2.61. The number of rotatable bonds is 3. The van der Waals surface area contributed by atoms with E-state index in [1.807, 2.05) is 0 Å². The van der Waals surface area contributed by atoms with Gasteiger partial charge in [0.05, 0.1) is 17.4 Å². The first-order chi connectivity index (χ1) is 9.83. The molecule has 0 radical (unpaired) electrons. The Morgan fingerprint density at radius 2 is 1.95 bits per heavy atom. The highest BCUT2D eigenvalue weighted by molar-refractivity contribution is 6.03. The summed E-state index contributed by atoms with van der Waals surface area (Å²) >= 11 is 0. The highest BCUT2D eigenvalue weighted by Crippen LogP contribution is 2.10. The zero-order valence-electron chi connectivity index (χ0n) is 10.3. The molecule has 0 aliphatic heterocycles. The van der Waals surface area contributed by atoms with Crippen LogP contribution in [0.25, 0.3) is 5.82 Å². The van der Waals surface area contributed by atoms with E-state index >= 15 is 0 Å². The number of carbonyl (C=O) groups is 1. The Bertz CT molecular complexity index is 693. The van der Waals surface area contributed by atoms with Crippen molar-refractivity contribution in [2.24, 2.45) is 0 Å². The molecule has 0 aliphatic rings. The first-order valence-electron chi connectivity index (χ1n) is 5.85. The van der Waals surface area contributed by atoms with Crippen molar-refractivity contribution in [3.63, 3.8) is 0 Å². The van der Waals surface area contributed by atoms with Gasteiger partial charge in [0.2, 0.25) is 0 Å². The third-order valence-corrected chi connectivity index (χ3v) is 2.61. The van der Waals surface area contributed by atoms with Crippen LogP contribution in [0.2, 0.25) is 0 Å². The number of hydrogen-bond acceptors (Lipinski definition) is 5. The number of anilines is 1. The van der Waals surface area contributed by atoms with E-state index in [-0.39, 0.29) is 5.91 Å². The Balaban J connectivity index is 1.74. The number of nitrogens with one attached hydrogen (secondary N) is 1. The molecule has 3 aromatic rings. The monoisotopic (exact) mass is 266 g/mol. The van der Waals surface area contributed by atoms with Crippen molar-refractivity contribution < 1.29 is 4.79 Å². The normalized spacial score (nSPS) is 10.2. The van der Waals surface area contributed by atoms with Crippen LogP contribution in [0, 0.1) is 0 Å². The molecule has 20 heavy (non-hydrogen) atoms. The molecule has 0 bridgehead atoms. The van der Waals surface area contributed by atoms with Gasteiger partial charge in [0.25, 0.3) is 5.91 Å². The van der Waals surface area contributed by atoms with Crippen molar-refractivity contribution in [3.05, 3.63) is 61.1 Å². The zero-order valence-corrected chi connectivity index (χ0v) is 10.3. The third kappa shape index (κ3) is 2.51. The van der Waals surface area contributed by atoms with Crippen molar-refractivity contribution in [1.82, 2.24) is 24.7 Å². The van der Waals surface area contributed by atoms with Gasteiger partial charge in [-0.25, -0.2) is 4.98 Å². The van der Waals surface area contributed by atoms with E-state index in [2.05, 4.69) is 25.5 Å². The van der Waals surface area contributed by atoms with Gasteiger partial charge in [-0.05, 0) is 24.3 Å². The lowest BCUT2D eigenvalue weighted by atomic mass is 10.2. The predicted octanol–water partition coefficient (Wildman–Crippen LogP) is 1.31. The van der Waals surface area contributed by atoms with E-state index in [1.165, 1.54) is 6.20 Å². The van der Waals surface area contributed by atoms with Crippen molar-refractivity contribution in [3.8, 4) is 5.82 Å². The molecule has 0 aromatic carbocycles. The molecule has 98 valence electrons. The van der Waals surface area contributed by atoms with Crippen LogP contribution in [0.15, 0.2) is 55.5 Å². The van der Waals surface area contributed by atoms with E-state index in [0.29, 0.717) is 17.1 Å². The molecule has 0 aliphatic carbocycles. The standard InChI is InChI=1S/C13H10N6O/c20-13(10-2-1-5-14-6-10)18-11-3-4-12(15-7-11)19-8-16-17-9-19/h1-9H,(H,18,20). The number of aromatic nitrogens is 5. The van der Waals surface area contributed by atoms with Crippen LogP contribution in [-0.4, -0.2) is 30.6 Å². The minimum absolute atomic E-state index is 0.225. The lowest BCUT2D eigenvalue weighted by Crippen LogP contribution is -2.12. The second-order valence-electron chi connectivity index (χ2n) is 3.97. The maximum absolute atomic E-state index is 11.9. The van der Waals surface area contributed by atoms with Gasteiger partial charge in [-0.3, -0.25) is 14.3 Å². The Morgan fingerprint density at radius 1 is 1.10 bits per heavy atom. The molecular weight excluding hydrogens is 256 g/mol. The van der Waals surface area contributed by atoms with Gasteiger partial charge >= 0.3 is 0 Å². The molecule has 1 N–H and O–H groups in total. The summed E-state index contributed by atoms with van der Waals surface area (Å²) in [5.41, 5.74) is 1.10. The van der Waals surface area contributed by atoms with E-state index < -0.39 is 0 Å². The molecule has 0 saturated heterocycles. The smallest absolute Gasteiger partial charge is 0.257 e. The lowest BCUT2D eigenvalue weighted by Gasteiger charge is -2.05. The Kier molecular flexibility index (Phi) is 3.15. The Morgan fingerprint density at radius 3 is 2.60 bits per heavy atom. The molecular formula is C13H10N6O. The fourth-order valence-electron chi connectivity index (χ4n) is 1.63. The summed E-state index contributed by atoms with van der Waals surface area (Å²) < 4.78 is 1.67. The van der Waals surface area contributed by atoms with Crippen molar-refractivity contribution in [2.45, 2.75) is 0 Å². The largest absolute Gasteiger partial charge is 0.321 e.